The predicted octanol–water partition coefficient (Wildman–Crippen LogP) is 3.77. The van der Waals surface area contributed by atoms with E-state index in [1.54, 1.807) is 0 Å². The Balaban J connectivity index is 2.15. The molecule has 0 aliphatic heterocycles. The van der Waals surface area contributed by atoms with Crippen LogP contribution in [0.3, 0.4) is 0 Å². The summed E-state index contributed by atoms with van der Waals surface area (Å²) in [5, 5.41) is 6.85. The van der Waals surface area contributed by atoms with E-state index in [1.165, 1.54) is 32.1 Å². The molecule has 112 valence electrons. The van der Waals surface area contributed by atoms with E-state index in [1.807, 2.05) is 7.05 Å². The highest BCUT2D eigenvalue weighted by Crippen LogP contribution is 2.30. The monoisotopic (exact) mass is 276 g/mol. The van der Waals surface area contributed by atoms with E-state index in [4.69, 9.17) is 0 Å². The standard InChI is InChI=1S/C16H28N4/c1-5-12-8-7-9-13(10-12)18-16-11(3)15(17-4)19-14(6-2)20-16/h12-13H,5-10H2,1-4H3,(H2,17,18,19,20). The minimum Gasteiger partial charge on any atom is -0.373 e. The summed E-state index contributed by atoms with van der Waals surface area (Å²) in [5.74, 6) is 3.74. The molecule has 1 aromatic rings. The van der Waals surface area contributed by atoms with Crippen LogP contribution in [0.25, 0.3) is 0 Å². The molecule has 1 saturated carbocycles. The first-order chi connectivity index (χ1) is 9.67. The Morgan fingerprint density at radius 1 is 1.15 bits per heavy atom. The summed E-state index contributed by atoms with van der Waals surface area (Å²) >= 11 is 0. The van der Waals surface area contributed by atoms with Gasteiger partial charge in [0.05, 0.1) is 0 Å². The van der Waals surface area contributed by atoms with E-state index in [0.29, 0.717) is 6.04 Å². The number of hydrogen-bond donors (Lipinski definition) is 2. The molecule has 4 nitrogen and oxygen atoms in total. The Morgan fingerprint density at radius 3 is 2.55 bits per heavy atom. The van der Waals surface area contributed by atoms with Gasteiger partial charge in [-0.25, -0.2) is 9.97 Å². The van der Waals surface area contributed by atoms with Gasteiger partial charge in [0.2, 0.25) is 0 Å². The van der Waals surface area contributed by atoms with E-state index >= 15 is 0 Å². The molecule has 1 aliphatic carbocycles. The Morgan fingerprint density at radius 2 is 1.90 bits per heavy atom. The highest BCUT2D eigenvalue weighted by atomic mass is 15.1. The maximum absolute atomic E-state index is 4.68. The quantitative estimate of drug-likeness (QED) is 0.859. The van der Waals surface area contributed by atoms with E-state index in [2.05, 4.69) is 41.4 Å². The first-order valence-corrected chi connectivity index (χ1v) is 7.99. The highest BCUT2D eigenvalue weighted by molar-refractivity contribution is 5.57. The van der Waals surface area contributed by atoms with Crippen molar-refractivity contribution in [1.29, 1.82) is 0 Å². The van der Waals surface area contributed by atoms with Gasteiger partial charge < -0.3 is 10.6 Å². The number of nitrogens with zero attached hydrogens (tertiary/aromatic N) is 2. The molecule has 2 atom stereocenters. The van der Waals surface area contributed by atoms with Crippen molar-refractivity contribution in [3.8, 4) is 0 Å². The topological polar surface area (TPSA) is 49.8 Å². The molecule has 1 aromatic heterocycles. The smallest absolute Gasteiger partial charge is 0.134 e. The van der Waals surface area contributed by atoms with Crippen molar-refractivity contribution in [2.24, 2.45) is 5.92 Å². The predicted molar refractivity (Wildman–Crippen MR) is 85.4 cm³/mol. The van der Waals surface area contributed by atoms with Crippen molar-refractivity contribution < 1.29 is 0 Å². The van der Waals surface area contributed by atoms with Crippen molar-refractivity contribution in [2.45, 2.75) is 65.3 Å². The van der Waals surface area contributed by atoms with Crippen molar-refractivity contribution in [3.63, 3.8) is 0 Å². The summed E-state index contributed by atoms with van der Waals surface area (Å²) in [6.45, 7) is 6.49. The molecule has 2 N–H and O–H groups in total. The van der Waals surface area contributed by atoms with Crippen LogP contribution in [-0.2, 0) is 6.42 Å². The van der Waals surface area contributed by atoms with Crippen LogP contribution in [0, 0.1) is 12.8 Å². The molecule has 0 radical (unpaired) electrons. The summed E-state index contributed by atoms with van der Waals surface area (Å²) in [7, 11) is 1.92. The first kappa shape index (κ1) is 15.1. The maximum Gasteiger partial charge on any atom is 0.134 e. The fraction of sp³-hybridized carbons (Fsp3) is 0.750. The Bertz CT molecular complexity index is 444. The van der Waals surface area contributed by atoms with Crippen molar-refractivity contribution >= 4 is 11.6 Å². The minimum atomic E-state index is 0.566. The van der Waals surface area contributed by atoms with E-state index in [-0.39, 0.29) is 0 Å². The second-order valence-corrected chi connectivity index (χ2v) is 5.85. The molecule has 0 bridgehead atoms. The van der Waals surface area contributed by atoms with Crippen LogP contribution < -0.4 is 10.6 Å². The highest BCUT2D eigenvalue weighted by Gasteiger charge is 2.22. The molecule has 1 fully saturated rings. The second-order valence-electron chi connectivity index (χ2n) is 5.85. The van der Waals surface area contributed by atoms with Gasteiger partial charge >= 0.3 is 0 Å². The second kappa shape index (κ2) is 6.91. The molecule has 0 amide bonds. The van der Waals surface area contributed by atoms with Crippen LogP contribution in [0.5, 0.6) is 0 Å². The number of nitrogens with one attached hydrogen (secondary N) is 2. The Hall–Kier alpha value is -1.32. The van der Waals surface area contributed by atoms with Gasteiger partial charge in [-0.05, 0) is 25.7 Å². The Labute approximate surface area is 122 Å². The van der Waals surface area contributed by atoms with Crippen molar-refractivity contribution in [2.75, 3.05) is 17.7 Å². The van der Waals surface area contributed by atoms with Crippen LogP contribution >= 0.6 is 0 Å². The zero-order valence-electron chi connectivity index (χ0n) is 13.3. The van der Waals surface area contributed by atoms with Crippen LogP contribution in [0.1, 0.15) is 57.3 Å². The molecule has 2 unspecified atom stereocenters. The largest absolute Gasteiger partial charge is 0.373 e. The van der Waals surface area contributed by atoms with E-state index in [0.717, 1.165) is 35.4 Å². The van der Waals surface area contributed by atoms with Crippen molar-refractivity contribution in [1.82, 2.24) is 9.97 Å². The molecule has 0 saturated heterocycles. The molecule has 0 spiro atoms. The molecule has 1 heterocycles. The molecule has 4 heteroatoms. The summed E-state index contributed by atoms with van der Waals surface area (Å²) in [6, 6.07) is 0.566. The third kappa shape index (κ3) is 3.41. The van der Waals surface area contributed by atoms with Gasteiger partial charge in [0, 0.05) is 25.1 Å². The molecular weight excluding hydrogens is 248 g/mol. The molecule has 0 aromatic carbocycles. The van der Waals surface area contributed by atoms with Crippen molar-refractivity contribution in [3.05, 3.63) is 11.4 Å². The number of anilines is 2. The molecule has 2 rings (SSSR count). The zero-order chi connectivity index (χ0) is 14.5. The van der Waals surface area contributed by atoms with Crippen LogP contribution in [0.2, 0.25) is 0 Å². The summed E-state index contributed by atoms with van der Waals surface area (Å²) in [4.78, 5) is 9.21. The number of aromatic nitrogens is 2. The van der Waals surface area contributed by atoms with Crippen LogP contribution in [0.4, 0.5) is 11.6 Å². The van der Waals surface area contributed by atoms with Gasteiger partial charge in [0.25, 0.3) is 0 Å². The lowest BCUT2D eigenvalue weighted by atomic mass is 9.84. The van der Waals surface area contributed by atoms with Gasteiger partial charge in [-0.3, -0.25) is 0 Å². The minimum absolute atomic E-state index is 0.566. The Kier molecular flexibility index (Phi) is 5.21. The number of aryl methyl sites for hydroxylation is 1. The molecule has 20 heavy (non-hydrogen) atoms. The van der Waals surface area contributed by atoms with Gasteiger partial charge in [-0.1, -0.05) is 33.1 Å². The lowest BCUT2D eigenvalue weighted by Gasteiger charge is -2.30. The van der Waals surface area contributed by atoms with Crippen LogP contribution in [-0.4, -0.2) is 23.1 Å². The molecule has 1 aliphatic rings. The maximum atomic E-state index is 4.68. The lowest BCUT2D eigenvalue weighted by molar-refractivity contribution is 0.327. The normalized spacial score (nSPS) is 22.6. The van der Waals surface area contributed by atoms with Crippen LogP contribution in [0.15, 0.2) is 0 Å². The van der Waals surface area contributed by atoms with Gasteiger partial charge in [-0.2, -0.15) is 0 Å². The fourth-order valence-corrected chi connectivity index (χ4v) is 3.09. The summed E-state index contributed by atoms with van der Waals surface area (Å²) in [6.07, 6.45) is 7.42. The summed E-state index contributed by atoms with van der Waals surface area (Å²) in [5.41, 5.74) is 1.13. The number of rotatable bonds is 5. The first-order valence-electron chi connectivity index (χ1n) is 7.99. The van der Waals surface area contributed by atoms with E-state index < -0.39 is 0 Å². The third-order valence-electron chi connectivity index (χ3n) is 4.45. The lowest BCUT2D eigenvalue weighted by Crippen LogP contribution is -2.28. The zero-order valence-corrected chi connectivity index (χ0v) is 13.3. The fourth-order valence-electron chi connectivity index (χ4n) is 3.09. The van der Waals surface area contributed by atoms with Gasteiger partial charge in [0.15, 0.2) is 0 Å². The molecular formula is C16H28N4. The van der Waals surface area contributed by atoms with E-state index in [9.17, 15) is 0 Å². The average Bonchev–Trinajstić information content (AvgIpc) is 2.49. The SMILES string of the molecule is CCc1nc(NC)c(C)c(NC2CCCC(CC)C2)n1. The van der Waals surface area contributed by atoms with Gasteiger partial charge in [-0.15, -0.1) is 0 Å². The third-order valence-corrected chi connectivity index (χ3v) is 4.45. The van der Waals surface area contributed by atoms with Gasteiger partial charge in [0.1, 0.15) is 17.5 Å². The summed E-state index contributed by atoms with van der Waals surface area (Å²) < 4.78 is 0. The average molecular weight is 276 g/mol. The number of hydrogen-bond acceptors (Lipinski definition) is 4.